The van der Waals surface area contributed by atoms with Crippen LogP contribution < -0.4 is 10.6 Å². The van der Waals surface area contributed by atoms with Crippen molar-refractivity contribution in [2.24, 2.45) is 0 Å². The van der Waals surface area contributed by atoms with E-state index in [2.05, 4.69) is 22.8 Å². The standard InChI is InChI=1S/C26H33N3O5/c1-4-17(15-24(30)31)27-25(32)23(13-14-29(2)3)28-26(33)34-16-22-20-11-7-5-9-18(20)19-10-6-8-12-21(19)22/h5-12,17,22-23H,4,13-16H2,1-3H3,(H,27,32)(H,28,33)(H,30,31)/t17-,23?/m1/s1. The molecule has 1 aliphatic carbocycles. The summed E-state index contributed by atoms with van der Waals surface area (Å²) in [7, 11) is 3.75. The summed E-state index contributed by atoms with van der Waals surface area (Å²) in [5, 5.41) is 14.5. The lowest BCUT2D eigenvalue weighted by atomic mass is 9.98. The Balaban J connectivity index is 1.65. The first kappa shape index (κ1) is 25.2. The molecule has 0 spiro atoms. The normalized spacial score (nSPS) is 14.1. The van der Waals surface area contributed by atoms with Crippen LogP contribution in [0.5, 0.6) is 0 Å². The van der Waals surface area contributed by atoms with Crippen LogP contribution in [0.3, 0.4) is 0 Å². The average Bonchev–Trinajstić information content (AvgIpc) is 3.13. The van der Waals surface area contributed by atoms with E-state index in [1.807, 2.05) is 62.3 Å². The van der Waals surface area contributed by atoms with Crippen LogP contribution in [-0.2, 0) is 14.3 Å². The monoisotopic (exact) mass is 467 g/mol. The van der Waals surface area contributed by atoms with Gasteiger partial charge in [-0.3, -0.25) is 9.59 Å². The van der Waals surface area contributed by atoms with Crippen LogP contribution in [0.4, 0.5) is 4.79 Å². The van der Waals surface area contributed by atoms with Gasteiger partial charge in [0.1, 0.15) is 12.6 Å². The van der Waals surface area contributed by atoms with Crippen LogP contribution in [0, 0.1) is 0 Å². The number of nitrogens with one attached hydrogen (secondary N) is 2. The van der Waals surface area contributed by atoms with Gasteiger partial charge in [0.15, 0.2) is 0 Å². The van der Waals surface area contributed by atoms with Crippen molar-refractivity contribution in [1.82, 2.24) is 15.5 Å². The number of amides is 2. The second kappa shape index (κ2) is 11.7. The van der Waals surface area contributed by atoms with Crippen LogP contribution in [0.25, 0.3) is 11.1 Å². The first-order chi connectivity index (χ1) is 16.3. The molecule has 0 bridgehead atoms. The minimum Gasteiger partial charge on any atom is -0.481 e. The first-order valence-electron chi connectivity index (χ1n) is 11.6. The van der Waals surface area contributed by atoms with Gasteiger partial charge in [-0.25, -0.2) is 4.79 Å². The van der Waals surface area contributed by atoms with Gasteiger partial charge < -0.3 is 25.4 Å². The third-order valence-corrected chi connectivity index (χ3v) is 6.08. The fourth-order valence-electron chi connectivity index (χ4n) is 4.25. The third kappa shape index (κ3) is 6.35. The SMILES string of the molecule is CC[C@H](CC(=O)O)NC(=O)C(CCN(C)C)NC(=O)OCC1c2ccccc2-c2ccccc21. The van der Waals surface area contributed by atoms with E-state index in [4.69, 9.17) is 9.84 Å². The van der Waals surface area contributed by atoms with Crippen LogP contribution >= 0.6 is 0 Å². The highest BCUT2D eigenvalue weighted by Gasteiger charge is 2.30. The highest BCUT2D eigenvalue weighted by atomic mass is 16.5. The number of benzene rings is 2. The maximum Gasteiger partial charge on any atom is 0.407 e. The molecule has 1 aliphatic rings. The molecule has 8 heteroatoms. The summed E-state index contributed by atoms with van der Waals surface area (Å²) in [6, 6.07) is 14.8. The number of ether oxygens (including phenoxy) is 1. The minimum atomic E-state index is -0.985. The largest absolute Gasteiger partial charge is 0.481 e. The topological polar surface area (TPSA) is 108 Å². The lowest BCUT2D eigenvalue weighted by Crippen LogP contribution is -2.51. The maximum atomic E-state index is 12.8. The number of rotatable bonds is 11. The zero-order valence-electron chi connectivity index (χ0n) is 19.9. The van der Waals surface area contributed by atoms with Gasteiger partial charge in [0, 0.05) is 12.0 Å². The van der Waals surface area contributed by atoms with Crippen molar-refractivity contribution >= 4 is 18.0 Å². The van der Waals surface area contributed by atoms with Gasteiger partial charge in [-0.05, 0) is 55.7 Å². The number of fused-ring (bicyclic) bond motifs is 3. The summed E-state index contributed by atoms with van der Waals surface area (Å²) < 4.78 is 5.59. The fraction of sp³-hybridized carbons (Fsp3) is 0.423. The van der Waals surface area contributed by atoms with Crippen LogP contribution in [0.2, 0.25) is 0 Å². The van der Waals surface area contributed by atoms with E-state index in [0.29, 0.717) is 19.4 Å². The quantitative estimate of drug-likeness (QED) is 0.468. The van der Waals surface area contributed by atoms with Crippen LogP contribution in [-0.4, -0.2) is 67.3 Å². The third-order valence-electron chi connectivity index (χ3n) is 6.08. The van der Waals surface area contributed by atoms with Crippen LogP contribution in [0.15, 0.2) is 48.5 Å². The number of nitrogens with zero attached hydrogens (tertiary/aromatic N) is 1. The van der Waals surface area contributed by atoms with Crippen molar-refractivity contribution in [3.63, 3.8) is 0 Å². The second-order valence-corrected chi connectivity index (χ2v) is 8.83. The molecule has 0 saturated heterocycles. The number of carbonyl (C=O) groups excluding carboxylic acids is 2. The Kier molecular flexibility index (Phi) is 8.65. The lowest BCUT2D eigenvalue weighted by Gasteiger charge is -2.23. The van der Waals surface area contributed by atoms with Crippen molar-refractivity contribution in [3.8, 4) is 11.1 Å². The molecule has 1 unspecified atom stereocenters. The summed E-state index contributed by atoms with van der Waals surface area (Å²) in [4.78, 5) is 38.5. The molecule has 2 aromatic rings. The van der Waals surface area contributed by atoms with E-state index in [1.54, 1.807) is 0 Å². The lowest BCUT2D eigenvalue weighted by molar-refractivity contribution is -0.137. The Hall–Kier alpha value is -3.39. The zero-order valence-corrected chi connectivity index (χ0v) is 19.9. The highest BCUT2D eigenvalue weighted by Crippen LogP contribution is 2.44. The Morgan fingerprint density at radius 2 is 1.59 bits per heavy atom. The maximum absolute atomic E-state index is 12.8. The zero-order chi connectivity index (χ0) is 24.7. The molecule has 34 heavy (non-hydrogen) atoms. The highest BCUT2D eigenvalue weighted by molar-refractivity contribution is 5.86. The van der Waals surface area contributed by atoms with Gasteiger partial charge in [-0.1, -0.05) is 55.5 Å². The van der Waals surface area contributed by atoms with Gasteiger partial charge >= 0.3 is 12.1 Å². The van der Waals surface area contributed by atoms with Gasteiger partial charge in [-0.2, -0.15) is 0 Å². The number of carboxylic acids is 1. The summed E-state index contributed by atoms with van der Waals surface area (Å²) in [6.07, 6.45) is -0.00388. The predicted molar refractivity (Wildman–Crippen MR) is 130 cm³/mol. The molecule has 182 valence electrons. The first-order valence-corrected chi connectivity index (χ1v) is 11.6. The molecule has 2 amide bonds. The molecule has 0 heterocycles. The Labute approximate surface area is 200 Å². The molecule has 8 nitrogen and oxygen atoms in total. The molecule has 0 saturated carbocycles. The van der Waals surface area contributed by atoms with Crippen molar-refractivity contribution in [2.45, 2.75) is 44.2 Å². The molecule has 3 N–H and O–H groups in total. The molecular formula is C26H33N3O5. The molecule has 0 aliphatic heterocycles. The molecule has 2 aromatic carbocycles. The van der Waals surface area contributed by atoms with Crippen molar-refractivity contribution in [1.29, 1.82) is 0 Å². The molecule has 0 radical (unpaired) electrons. The molecule has 0 fully saturated rings. The summed E-state index contributed by atoms with van der Waals surface area (Å²) in [5.41, 5.74) is 4.49. The van der Waals surface area contributed by atoms with E-state index in [9.17, 15) is 14.4 Å². The number of carboxylic acid groups (broad SMARTS) is 1. The Bertz CT molecular complexity index is 978. The van der Waals surface area contributed by atoms with Gasteiger partial charge in [0.05, 0.1) is 6.42 Å². The second-order valence-electron chi connectivity index (χ2n) is 8.83. The van der Waals surface area contributed by atoms with E-state index in [1.165, 1.54) is 0 Å². The van der Waals surface area contributed by atoms with E-state index in [0.717, 1.165) is 22.3 Å². The van der Waals surface area contributed by atoms with Crippen molar-refractivity contribution in [2.75, 3.05) is 27.2 Å². The summed E-state index contributed by atoms with van der Waals surface area (Å²) >= 11 is 0. The predicted octanol–water partition coefficient (Wildman–Crippen LogP) is 3.21. The summed E-state index contributed by atoms with van der Waals surface area (Å²) in [5.74, 6) is -1.47. The number of carbonyl (C=O) groups is 3. The smallest absolute Gasteiger partial charge is 0.407 e. The van der Waals surface area contributed by atoms with Crippen molar-refractivity contribution < 1.29 is 24.2 Å². The van der Waals surface area contributed by atoms with Gasteiger partial charge in [0.25, 0.3) is 0 Å². The molecule has 2 atom stereocenters. The van der Waals surface area contributed by atoms with Crippen molar-refractivity contribution in [3.05, 3.63) is 59.7 Å². The molecule has 3 rings (SSSR count). The fourth-order valence-corrected chi connectivity index (χ4v) is 4.25. The number of hydrogen-bond donors (Lipinski definition) is 3. The Morgan fingerprint density at radius 1 is 1.00 bits per heavy atom. The summed E-state index contributed by atoms with van der Waals surface area (Å²) in [6.45, 7) is 2.53. The van der Waals surface area contributed by atoms with Gasteiger partial charge in [-0.15, -0.1) is 0 Å². The van der Waals surface area contributed by atoms with E-state index >= 15 is 0 Å². The minimum absolute atomic E-state index is 0.0766. The molecule has 0 aromatic heterocycles. The van der Waals surface area contributed by atoms with E-state index < -0.39 is 30.1 Å². The van der Waals surface area contributed by atoms with Gasteiger partial charge in [0.2, 0.25) is 5.91 Å². The molecular weight excluding hydrogens is 434 g/mol. The Morgan fingerprint density at radius 3 is 2.12 bits per heavy atom. The van der Waals surface area contributed by atoms with E-state index in [-0.39, 0.29) is 18.9 Å². The number of aliphatic carboxylic acids is 1. The average molecular weight is 468 g/mol. The van der Waals surface area contributed by atoms with Crippen LogP contribution in [0.1, 0.15) is 43.2 Å². The number of hydrogen-bond acceptors (Lipinski definition) is 5. The number of alkyl carbamates (subject to hydrolysis) is 1.